The van der Waals surface area contributed by atoms with E-state index >= 15 is 0 Å². The lowest BCUT2D eigenvalue weighted by molar-refractivity contribution is 0.355. The second-order valence-electron chi connectivity index (χ2n) is 5.45. The van der Waals surface area contributed by atoms with Gasteiger partial charge in [0.25, 0.3) is 0 Å². The fourth-order valence-electron chi connectivity index (χ4n) is 2.73. The Hall–Kier alpha value is -3.42. The summed E-state index contributed by atoms with van der Waals surface area (Å²) in [4.78, 5) is 16.6. The van der Waals surface area contributed by atoms with Crippen molar-refractivity contribution in [2.24, 2.45) is 0 Å². The monoisotopic (exact) mass is 336 g/mol. The van der Waals surface area contributed by atoms with Crippen molar-refractivity contribution < 1.29 is 4.74 Å². The molecule has 0 aliphatic rings. The van der Waals surface area contributed by atoms with Gasteiger partial charge in [-0.05, 0) is 37.3 Å². The highest BCUT2D eigenvalue weighted by Crippen LogP contribution is 2.19. The topological polar surface area (TPSA) is 79.8 Å². The van der Waals surface area contributed by atoms with E-state index in [9.17, 15) is 4.79 Å². The molecule has 4 rings (SSSR count). The molecule has 0 radical (unpaired) electrons. The van der Waals surface area contributed by atoms with E-state index in [1.165, 1.54) is 16.4 Å². The Kier molecular flexibility index (Phi) is 3.57. The van der Waals surface area contributed by atoms with Gasteiger partial charge in [0.15, 0.2) is 0 Å². The third-order valence-corrected chi connectivity index (χ3v) is 3.97. The molecule has 0 amide bonds. The van der Waals surface area contributed by atoms with Gasteiger partial charge in [0.2, 0.25) is 0 Å². The van der Waals surface area contributed by atoms with Crippen molar-refractivity contribution in [1.29, 1.82) is 0 Å². The highest BCUT2D eigenvalue weighted by atomic mass is 16.5. The number of hydrogen-bond donors (Lipinski definition) is 0. The van der Waals surface area contributed by atoms with Gasteiger partial charge in [-0.15, -0.1) is 5.10 Å². The number of methoxy groups -OCH3 is 1. The summed E-state index contributed by atoms with van der Waals surface area (Å²) < 4.78 is 9.75. The van der Waals surface area contributed by atoms with Crippen molar-refractivity contribution in [3.63, 3.8) is 0 Å². The maximum absolute atomic E-state index is 12.5. The van der Waals surface area contributed by atoms with Gasteiger partial charge in [0.05, 0.1) is 30.2 Å². The average Bonchev–Trinajstić information content (AvgIpc) is 3.22. The summed E-state index contributed by atoms with van der Waals surface area (Å²) in [6.45, 7) is 2.36. The molecule has 0 N–H and O–H groups in total. The number of hydrogen-bond acceptors (Lipinski definition) is 5. The second kappa shape index (κ2) is 5.90. The van der Waals surface area contributed by atoms with Crippen LogP contribution in [0, 0.1) is 0 Å². The number of nitrogens with zero attached hydrogens (tertiary/aromatic N) is 6. The molecule has 0 unspecified atom stereocenters. The van der Waals surface area contributed by atoms with Crippen LogP contribution in [0.4, 0.5) is 0 Å². The number of rotatable bonds is 4. The molecule has 126 valence electrons. The molecule has 0 aliphatic carbocycles. The predicted molar refractivity (Wildman–Crippen MR) is 92.5 cm³/mol. The zero-order valence-corrected chi connectivity index (χ0v) is 13.8. The molecule has 0 aliphatic heterocycles. The first-order chi connectivity index (χ1) is 12.2. The van der Waals surface area contributed by atoms with Gasteiger partial charge in [-0.3, -0.25) is 4.98 Å². The van der Waals surface area contributed by atoms with Gasteiger partial charge in [-0.1, -0.05) is 0 Å². The molecule has 4 aromatic rings. The van der Waals surface area contributed by atoms with E-state index in [0.717, 1.165) is 16.6 Å². The SMILES string of the molecule is CCn1c(OC)nn(-c2ccc3nn(-c4cccnc4)cc3c2)c1=O. The standard InChI is InChI=1S/C17H16N6O2/c1-3-21-16(25-2)20-23(17(21)24)13-6-7-15-12(9-13)11-22(19-15)14-5-4-8-18-10-14/h4-11H,3H2,1-2H3. The molecule has 8 heteroatoms. The highest BCUT2D eigenvalue weighted by Gasteiger charge is 2.14. The van der Waals surface area contributed by atoms with Crippen molar-refractivity contribution in [3.8, 4) is 17.4 Å². The molecule has 0 saturated heterocycles. The largest absolute Gasteiger partial charge is 0.467 e. The third-order valence-electron chi connectivity index (χ3n) is 3.97. The lowest BCUT2D eigenvalue weighted by Crippen LogP contribution is -2.23. The zero-order chi connectivity index (χ0) is 17.4. The van der Waals surface area contributed by atoms with E-state index < -0.39 is 0 Å². The van der Waals surface area contributed by atoms with Crippen LogP contribution in [-0.4, -0.2) is 36.2 Å². The maximum atomic E-state index is 12.5. The normalized spacial score (nSPS) is 11.1. The summed E-state index contributed by atoms with van der Waals surface area (Å²) in [5.74, 6) is 0. The van der Waals surface area contributed by atoms with Crippen LogP contribution in [0.5, 0.6) is 6.01 Å². The second-order valence-corrected chi connectivity index (χ2v) is 5.45. The van der Waals surface area contributed by atoms with Crippen LogP contribution < -0.4 is 10.4 Å². The Labute approximate surface area is 142 Å². The molecule has 8 nitrogen and oxygen atoms in total. The van der Waals surface area contributed by atoms with Crippen molar-refractivity contribution in [2.75, 3.05) is 7.11 Å². The van der Waals surface area contributed by atoms with Crippen molar-refractivity contribution in [2.45, 2.75) is 13.5 Å². The van der Waals surface area contributed by atoms with Crippen molar-refractivity contribution in [1.82, 2.24) is 29.1 Å². The first kappa shape index (κ1) is 15.1. The Balaban J connectivity index is 1.82. The molecule has 0 atom stereocenters. The quantitative estimate of drug-likeness (QED) is 0.568. The number of pyridine rings is 1. The van der Waals surface area contributed by atoms with Crippen LogP contribution in [-0.2, 0) is 6.54 Å². The molecule has 25 heavy (non-hydrogen) atoms. The van der Waals surface area contributed by atoms with Gasteiger partial charge in [-0.2, -0.15) is 9.78 Å². The summed E-state index contributed by atoms with van der Waals surface area (Å²) in [6.07, 6.45) is 5.36. The van der Waals surface area contributed by atoms with E-state index in [-0.39, 0.29) is 5.69 Å². The molecule has 0 bridgehead atoms. The van der Waals surface area contributed by atoms with E-state index in [1.54, 1.807) is 17.1 Å². The summed E-state index contributed by atoms with van der Waals surface area (Å²) in [6, 6.07) is 9.63. The Morgan fingerprint density at radius 2 is 2.04 bits per heavy atom. The van der Waals surface area contributed by atoms with Crippen LogP contribution in [0.25, 0.3) is 22.3 Å². The van der Waals surface area contributed by atoms with E-state index in [0.29, 0.717) is 18.2 Å². The Bertz CT molecular complexity index is 1090. The minimum Gasteiger partial charge on any atom is -0.467 e. The van der Waals surface area contributed by atoms with Crippen molar-refractivity contribution in [3.05, 3.63) is 59.4 Å². The fourth-order valence-corrected chi connectivity index (χ4v) is 2.73. The van der Waals surface area contributed by atoms with Gasteiger partial charge >= 0.3 is 11.7 Å². The lowest BCUT2D eigenvalue weighted by atomic mass is 10.2. The molecule has 3 heterocycles. The van der Waals surface area contributed by atoms with E-state index in [4.69, 9.17) is 4.74 Å². The minimum atomic E-state index is -0.238. The van der Waals surface area contributed by atoms with Crippen LogP contribution in [0.15, 0.2) is 53.7 Å². The molecule has 1 aromatic carbocycles. The Morgan fingerprint density at radius 1 is 1.16 bits per heavy atom. The van der Waals surface area contributed by atoms with Gasteiger partial charge in [0, 0.05) is 24.3 Å². The van der Waals surface area contributed by atoms with Crippen LogP contribution >= 0.6 is 0 Å². The molecule has 0 spiro atoms. The zero-order valence-electron chi connectivity index (χ0n) is 13.8. The van der Waals surface area contributed by atoms with Gasteiger partial charge in [-0.25, -0.2) is 14.0 Å². The van der Waals surface area contributed by atoms with E-state index in [1.807, 2.05) is 43.5 Å². The summed E-state index contributed by atoms with van der Waals surface area (Å²) in [7, 11) is 1.50. The van der Waals surface area contributed by atoms with E-state index in [2.05, 4.69) is 15.2 Å². The first-order valence-corrected chi connectivity index (χ1v) is 7.85. The molecule has 3 aromatic heterocycles. The van der Waals surface area contributed by atoms with Crippen LogP contribution in [0.1, 0.15) is 6.92 Å². The minimum absolute atomic E-state index is 0.238. The van der Waals surface area contributed by atoms with Crippen LogP contribution in [0.3, 0.4) is 0 Å². The van der Waals surface area contributed by atoms with Crippen molar-refractivity contribution >= 4 is 10.9 Å². The molecule has 0 saturated carbocycles. The highest BCUT2D eigenvalue weighted by molar-refractivity contribution is 5.80. The van der Waals surface area contributed by atoms with Gasteiger partial charge in [0.1, 0.15) is 0 Å². The first-order valence-electron chi connectivity index (χ1n) is 7.85. The summed E-state index contributed by atoms with van der Waals surface area (Å²) in [5, 5.41) is 9.68. The predicted octanol–water partition coefficient (Wildman–Crippen LogP) is 1.80. The summed E-state index contributed by atoms with van der Waals surface area (Å²) >= 11 is 0. The fraction of sp³-hybridized carbons (Fsp3) is 0.176. The number of aromatic nitrogens is 6. The molecule has 0 fully saturated rings. The number of ether oxygens (including phenoxy) is 1. The molecular weight excluding hydrogens is 320 g/mol. The number of benzene rings is 1. The smallest absolute Gasteiger partial charge is 0.353 e. The third kappa shape index (κ3) is 2.47. The van der Waals surface area contributed by atoms with Crippen LogP contribution in [0.2, 0.25) is 0 Å². The van der Waals surface area contributed by atoms with Gasteiger partial charge < -0.3 is 4.74 Å². The molecular formula is C17H16N6O2. The average molecular weight is 336 g/mol. The number of fused-ring (bicyclic) bond motifs is 1. The summed E-state index contributed by atoms with van der Waals surface area (Å²) in [5.41, 5.74) is 2.11. The maximum Gasteiger partial charge on any atom is 0.353 e. The Morgan fingerprint density at radius 3 is 2.72 bits per heavy atom. The lowest BCUT2D eigenvalue weighted by Gasteiger charge is -1.98.